The van der Waals surface area contributed by atoms with Gasteiger partial charge in [-0.3, -0.25) is 14.3 Å². The zero-order chi connectivity index (χ0) is 20.0. The minimum atomic E-state index is -1.09. The number of imidazole rings is 1. The molecule has 0 amide bonds. The fourth-order valence-corrected chi connectivity index (χ4v) is 3.55. The molecular weight excluding hydrogens is 390 g/mol. The molecule has 1 fully saturated rings. The van der Waals surface area contributed by atoms with Crippen molar-refractivity contribution in [2.24, 2.45) is 0 Å². The number of fused-ring (bicyclic) bond motifs is 1. The molecule has 0 bridgehead atoms. The third-order valence-electron chi connectivity index (χ3n) is 4.71. The molecule has 1 aliphatic rings. The number of aliphatic hydroxyl groups excluding tert-OH is 2. The Hall–Kier alpha value is -2.66. The first-order valence-electron chi connectivity index (χ1n) is 8.58. The van der Waals surface area contributed by atoms with E-state index >= 15 is 0 Å². The van der Waals surface area contributed by atoms with Gasteiger partial charge in [0.25, 0.3) is 5.56 Å². The highest BCUT2D eigenvalue weighted by Gasteiger charge is 2.38. The lowest BCUT2D eigenvalue weighted by molar-refractivity contribution is -0.0505. The first-order valence-corrected chi connectivity index (χ1v) is 8.96. The minimum absolute atomic E-state index is 0.00264. The SMILES string of the molecule is Nc1nc2c(c(=O)[nH]1)n(Cc1ccc(Cl)cc1)c(=O)n2[C@@H]1O[C@H](CO)C[C@H]1O. The number of aliphatic hydroxyl groups is 2. The number of aromatic nitrogens is 4. The number of nitrogen functional groups attached to an aromatic ring is 1. The number of nitrogens with zero attached hydrogens (tertiary/aromatic N) is 3. The Balaban J connectivity index is 1.91. The minimum Gasteiger partial charge on any atom is -0.394 e. The van der Waals surface area contributed by atoms with Crippen LogP contribution in [-0.2, 0) is 11.3 Å². The molecular formula is C17H18ClN5O5. The number of ether oxygens (including phenoxy) is 1. The Labute approximate surface area is 162 Å². The lowest BCUT2D eigenvalue weighted by atomic mass is 10.2. The maximum atomic E-state index is 13.2. The molecule has 3 atom stereocenters. The second kappa shape index (κ2) is 7.06. The van der Waals surface area contributed by atoms with Gasteiger partial charge >= 0.3 is 5.69 Å². The van der Waals surface area contributed by atoms with Crippen molar-refractivity contribution in [3.63, 3.8) is 0 Å². The van der Waals surface area contributed by atoms with Crippen LogP contribution in [0.2, 0.25) is 5.02 Å². The molecule has 0 saturated carbocycles. The van der Waals surface area contributed by atoms with Crippen molar-refractivity contribution in [3.05, 3.63) is 55.7 Å². The van der Waals surface area contributed by atoms with Crippen LogP contribution in [0.4, 0.5) is 5.95 Å². The number of H-pyrrole nitrogens is 1. The molecule has 10 nitrogen and oxygen atoms in total. The Kier molecular flexibility index (Phi) is 4.71. The van der Waals surface area contributed by atoms with E-state index in [9.17, 15) is 19.8 Å². The van der Waals surface area contributed by atoms with E-state index in [0.717, 1.165) is 10.1 Å². The number of rotatable bonds is 4. The Morgan fingerprint density at radius 1 is 1.32 bits per heavy atom. The summed E-state index contributed by atoms with van der Waals surface area (Å²) in [5, 5.41) is 20.2. The molecule has 28 heavy (non-hydrogen) atoms. The highest BCUT2D eigenvalue weighted by molar-refractivity contribution is 6.30. The van der Waals surface area contributed by atoms with Crippen LogP contribution in [0.15, 0.2) is 33.9 Å². The number of halogens is 1. The van der Waals surface area contributed by atoms with E-state index in [4.69, 9.17) is 22.1 Å². The standard InChI is InChI=1S/C17H18ClN5O5/c18-9-3-1-8(2-4-9)6-22-12-13(20-16(19)21-14(12)26)23(17(22)27)15-11(25)5-10(7-24)28-15/h1-4,10-11,15,24-25H,5-7H2,(H3,19,20,21,26)/t10-,11+,15+/m0/s1. The number of nitrogens with two attached hydrogens (primary N) is 1. The molecule has 1 saturated heterocycles. The average Bonchev–Trinajstić information content (AvgIpc) is 3.14. The van der Waals surface area contributed by atoms with Gasteiger partial charge in [0.1, 0.15) is 6.10 Å². The molecule has 0 spiro atoms. The molecule has 3 aromatic rings. The predicted molar refractivity (Wildman–Crippen MR) is 101 cm³/mol. The van der Waals surface area contributed by atoms with Crippen molar-refractivity contribution in [1.29, 1.82) is 0 Å². The van der Waals surface area contributed by atoms with Crippen molar-refractivity contribution in [2.75, 3.05) is 12.3 Å². The molecule has 148 valence electrons. The first-order chi connectivity index (χ1) is 13.4. The van der Waals surface area contributed by atoms with Crippen LogP contribution in [0.5, 0.6) is 0 Å². The van der Waals surface area contributed by atoms with Crippen LogP contribution >= 0.6 is 11.6 Å². The number of anilines is 1. The van der Waals surface area contributed by atoms with E-state index in [1.807, 2.05) is 0 Å². The molecule has 0 aliphatic carbocycles. The molecule has 4 rings (SSSR count). The van der Waals surface area contributed by atoms with E-state index < -0.39 is 29.7 Å². The normalized spacial score (nSPS) is 22.2. The van der Waals surface area contributed by atoms with Crippen molar-refractivity contribution in [1.82, 2.24) is 19.1 Å². The van der Waals surface area contributed by atoms with E-state index in [2.05, 4.69) is 9.97 Å². The maximum absolute atomic E-state index is 13.2. The third-order valence-corrected chi connectivity index (χ3v) is 4.96. The van der Waals surface area contributed by atoms with E-state index in [-0.39, 0.29) is 36.7 Å². The second-order valence-corrected chi connectivity index (χ2v) is 7.06. The summed E-state index contributed by atoms with van der Waals surface area (Å²) in [5.41, 5.74) is 5.24. The summed E-state index contributed by atoms with van der Waals surface area (Å²) in [6.07, 6.45) is -2.61. The van der Waals surface area contributed by atoms with Crippen molar-refractivity contribution in [3.8, 4) is 0 Å². The predicted octanol–water partition coefficient (Wildman–Crippen LogP) is -0.189. The molecule has 3 heterocycles. The largest absolute Gasteiger partial charge is 0.394 e. The van der Waals surface area contributed by atoms with Gasteiger partial charge in [-0.1, -0.05) is 23.7 Å². The van der Waals surface area contributed by atoms with Gasteiger partial charge in [-0.05, 0) is 17.7 Å². The summed E-state index contributed by atoms with van der Waals surface area (Å²) in [6, 6.07) is 6.83. The fraction of sp³-hybridized carbons (Fsp3) is 0.353. The zero-order valence-electron chi connectivity index (χ0n) is 14.6. The maximum Gasteiger partial charge on any atom is 0.333 e. The van der Waals surface area contributed by atoms with Gasteiger partial charge in [0.15, 0.2) is 17.4 Å². The highest BCUT2D eigenvalue weighted by atomic mass is 35.5. The monoisotopic (exact) mass is 407 g/mol. The van der Waals surface area contributed by atoms with Gasteiger partial charge in [-0.15, -0.1) is 0 Å². The Morgan fingerprint density at radius 2 is 2.04 bits per heavy atom. The van der Waals surface area contributed by atoms with Crippen LogP contribution in [0.25, 0.3) is 11.2 Å². The topological polar surface area (TPSA) is 148 Å². The number of hydrogen-bond acceptors (Lipinski definition) is 7. The molecule has 5 N–H and O–H groups in total. The summed E-state index contributed by atoms with van der Waals surface area (Å²) >= 11 is 5.90. The highest BCUT2D eigenvalue weighted by Crippen LogP contribution is 2.29. The van der Waals surface area contributed by atoms with Crippen LogP contribution in [0, 0.1) is 0 Å². The van der Waals surface area contributed by atoms with Crippen LogP contribution in [0.1, 0.15) is 18.2 Å². The van der Waals surface area contributed by atoms with Gasteiger partial charge in [0, 0.05) is 11.4 Å². The van der Waals surface area contributed by atoms with E-state index in [0.29, 0.717) is 5.02 Å². The van der Waals surface area contributed by atoms with Gasteiger partial charge in [0.05, 0.1) is 19.3 Å². The molecule has 0 radical (unpaired) electrons. The summed E-state index contributed by atoms with van der Waals surface area (Å²) in [7, 11) is 0. The smallest absolute Gasteiger partial charge is 0.333 e. The number of benzene rings is 1. The van der Waals surface area contributed by atoms with E-state index in [1.54, 1.807) is 24.3 Å². The fourth-order valence-electron chi connectivity index (χ4n) is 3.43. The third kappa shape index (κ3) is 3.10. The summed E-state index contributed by atoms with van der Waals surface area (Å²) in [6.45, 7) is -0.220. The number of nitrogens with one attached hydrogen (secondary N) is 1. The first kappa shape index (κ1) is 18.7. The van der Waals surface area contributed by atoms with E-state index in [1.165, 1.54) is 4.57 Å². The zero-order valence-corrected chi connectivity index (χ0v) is 15.3. The quantitative estimate of drug-likeness (QED) is 0.468. The van der Waals surface area contributed by atoms with Crippen LogP contribution < -0.4 is 17.0 Å². The molecule has 1 aromatic carbocycles. The molecule has 1 aliphatic heterocycles. The lowest BCUT2D eigenvalue weighted by Gasteiger charge is -2.15. The van der Waals surface area contributed by atoms with Gasteiger partial charge < -0.3 is 20.7 Å². The molecule has 0 unspecified atom stereocenters. The molecule has 11 heteroatoms. The summed E-state index contributed by atoms with van der Waals surface area (Å²) in [5.74, 6) is -0.166. The van der Waals surface area contributed by atoms with Crippen molar-refractivity contribution in [2.45, 2.75) is 31.4 Å². The van der Waals surface area contributed by atoms with Crippen molar-refractivity contribution < 1.29 is 14.9 Å². The lowest BCUT2D eigenvalue weighted by Crippen LogP contribution is -2.32. The van der Waals surface area contributed by atoms with Crippen molar-refractivity contribution >= 4 is 28.7 Å². The Morgan fingerprint density at radius 3 is 2.68 bits per heavy atom. The van der Waals surface area contributed by atoms with Crippen LogP contribution in [-0.4, -0.2) is 48.1 Å². The van der Waals surface area contributed by atoms with Gasteiger partial charge in [-0.25, -0.2) is 9.36 Å². The number of hydrogen-bond donors (Lipinski definition) is 4. The average molecular weight is 408 g/mol. The van der Waals surface area contributed by atoms with Crippen LogP contribution in [0.3, 0.4) is 0 Å². The summed E-state index contributed by atoms with van der Waals surface area (Å²) in [4.78, 5) is 32.2. The second-order valence-electron chi connectivity index (χ2n) is 6.62. The molecule has 2 aromatic heterocycles. The van der Waals surface area contributed by atoms with Gasteiger partial charge in [-0.2, -0.15) is 4.98 Å². The number of aromatic amines is 1. The summed E-state index contributed by atoms with van der Waals surface area (Å²) < 4.78 is 7.95. The van der Waals surface area contributed by atoms with Gasteiger partial charge in [0.2, 0.25) is 5.95 Å². The Bertz CT molecular complexity index is 1140.